The van der Waals surface area contributed by atoms with Gasteiger partial charge in [0.2, 0.25) is 0 Å². The van der Waals surface area contributed by atoms with E-state index in [2.05, 4.69) is 5.10 Å². The molecule has 0 unspecified atom stereocenters. The van der Waals surface area contributed by atoms with Crippen LogP contribution in [0.25, 0.3) is 0 Å². The van der Waals surface area contributed by atoms with Crippen molar-refractivity contribution in [3.05, 3.63) is 11.4 Å². The molecule has 0 aliphatic carbocycles. The Hall–Kier alpha value is -1.60. The largest absolute Gasteiger partial charge is 0.395 e. The number of aryl methyl sites for hydroxylation is 2. The van der Waals surface area contributed by atoms with E-state index in [1.54, 1.807) is 9.58 Å². The van der Waals surface area contributed by atoms with Crippen LogP contribution >= 0.6 is 0 Å². The van der Waals surface area contributed by atoms with Crippen molar-refractivity contribution >= 4 is 11.6 Å². The van der Waals surface area contributed by atoms with Gasteiger partial charge in [0.15, 0.2) is 5.79 Å². The van der Waals surface area contributed by atoms with Crippen LogP contribution in [0.1, 0.15) is 35.9 Å². The Morgan fingerprint density at radius 2 is 2.14 bits per heavy atom. The van der Waals surface area contributed by atoms with E-state index in [0.29, 0.717) is 49.9 Å². The second kappa shape index (κ2) is 5.31. The van der Waals surface area contributed by atoms with Crippen molar-refractivity contribution in [2.24, 2.45) is 0 Å². The molecule has 2 aliphatic heterocycles. The fraction of sp³-hybridized carbons (Fsp3) is 0.714. The Morgan fingerprint density at radius 3 is 2.81 bits per heavy atom. The van der Waals surface area contributed by atoms with Gasteiger partial charge in [-0.3, -0.25) is 9.48 Å². The highest BCUT2D eigenvalue weighted by Gasteiger charge is 2.43. The zero-order chi connectivity index (χ0) is 15.0. The average Bonchev–Trinajstić information content (AvgIpc) is 3.04. The van der Waals surface area contributed by atoms with E-state index in [1.165, 1.54) is 0 Å². The molecule has 2 saturated heterocycles. The van der Waals surface area contributed by atoms with Crippen molar-refractivity contribution < 1.29 is 14.3 Å². The van der Waals surface area contributed by atoms with Crippen molar-refractivity contribution in [3.63, 3.8) is 0 Å². The van der Waals surface area contributed by atoms with Crippen LogP contribution in [0.5, 0.6) is 0 Å². The number of nitrogens with zero attached hydrogens (tertiary/aromatic N) is 3. The lowest BCUT2D eigenvalue weighted by molar-refractivity contribution is -0.183. The highest BCUT2D eigenvalue weighted by atomic mass is 16.7. The van der Waals surface area contributed by atoms with E-state index < -0.39 is 5.79 Å². The van der Waals surface area contributed by atoms with Gasteiger partial charge < -0.3 is 20.1 Å². The number of carbonyl (C=O) groups excluding carboxylic acids is 1. The zero-order valence-electron chi connectivity index (χ0n) is 12.6. The Kier molecular flexibility index (Phi) is 3.62. The first-order valence-corrected chi connectivity index (χ1v) is 7.46. The Morgan fingerprint density at radius 1 is 1.43 bits per heavy atom. The molecule has 7 heteroatoms. The van der Waals surface area contributed by atoms with Gasteiger partial charge >= 0.3 is 0 Å². The molecule has 0 atom stereocenters. The van der Waals surface area contributed by atoms with E-state index in [0.717, 1.165) is 12.8 Å². The molecule has 0 saturated carbocycles. The lowest BCUT2D eigenvalue weighted by Crippen LogP contribution is -2.51. The predicted octanol–water partition coefficient (Wildman–Crippen LogP) is 0.773. The SMILES string of the molecule is CCn1nc(C)c(N)c1C(=O)N1CCCC2(C1)OCCO2. The topological polar surface area (TPSA) is 82.6 Å². The summed E-state index contributed by atoms with van der Waals surface area (Å²) >= 11 is 0. The minimum absolute atomic E-state index is 0.0897. The summed E-state index contributed by atoms with van der Waals surface area (Å²) in [6.07, 6.45) is 1.70. The lowest BCUT2D eigenvalue weighted by Gasteiger charge is -2.38. The number of nitrogens with two attached hydrogens (primary N) is 1. The maximum atomic E-state index is 12.8. The van der Waals surface area contributed by atoms with Crippen LogP contribution in [-0.4, -0.2) is 52.7 Å². The minimum atomic E-state index is -0.616. The minimum Gasteiger partial charge on any atom is -0.395 e. The van der Waals surface area contributed by atoms with Crippen molar-refractivity contribution in [2.75, 3.05) is 32.0 Å². The quantitative estimate of drug-likeness (QED) is 0.871. The number of piperidine rings is 1. The smallest absolute Gasteiger partial charge is 0.274 e. The number of hydrogen-bond acceptors (Lipinski definition) is 5. The molecule has 3 rings (SSSR count). The fourth-order valence-electron chi connectivity index (χ4n) is 3.09. The van der Waals surface area contributed by atoms with Gasteiger partial charge in [0.1, 0.15) is 5.69 Å². The first kappa shape index (κ1) is 14.3. The maximum absolute atomic E-state index is 12.8. The first-order chi connectivity index (χ1) is 10.1. The summed E-state index contributed by atoms with van der Waals surface area (Å²) in [6.45, 7) is 6.72. The van der Waals surface area contributed by atoms with Gasteiger partial charge in [-0.2, -0.15) is 5.10 Å². The molecule has 116 valence electrons. The van der Waals surface area contributed by atoms with Crippen LogP contribution in [-0.2, 0) is 16.0 Å². The molecular weight excluding hydrogens is 272 g/mol. The van der Waals surface area contributed by atoms with Crippen molar-refractivity contribution in [1.82, 2.24) is 14.7 Å². The van der Waals surface area contributed by atoms with Gasteiger partial charge in [-0.15, -0.1) is 0 Å². The molecule has 1 aromatic heterocycles. The van der Waals surface area contributed by atoms with Gasteiger partial charge in [0, 0.05) is 19.5 Å². The van der Waals surface area contributed by atoms with Gasteiger partial charge in [-0.1, -0.05) is 0 Å². The number of amides is 1. The highest BCUT2D eigenvalue weighted by molar-refractivity contribution is 5.98. The standard InChI is InChI=1S/C14H22N4O3/c1-3-18-12(11(15)10(2)16-18)13(19)17-6-4-5-14(9-17)20-7-8-21-14/h3-9,15H2,1-2H3. The van der Waals surface area contributed by atoms with Crippen LogP contribution < -0.4 is 5.73 Å². The monoisotopic (exact) mass is 294 g/mol. The van der Waals surface area contributed by atoms with Crippen LogP contribution in [0, 0.1) is 6.92 Å². The molecular formula is C14H22N4O3. The molecule has 0 radical (unpaired) electrons. The number of nitrogen functional groups attached to an aromatic ring is 1. The Balaban J connectivity index is 1.85. The lowest BCUT2D eigenvalue weighted by atomic mass is 10.0. The Labute approximate surface area is 124 Å². The number of anilines is 1. The molecule has 2 N–H and O–H groups in total. The number of ether oxygens (including phenoxy) is 2. The molecule has 2 fully saturated rings. The molecule has 1 amide bonds. The normalized spacial score (nSPS) is 21.1. The zero-order valence-corrected chi connectivity index (χ0v) is 12.6. The van der Waals surface area contributed by atoms with Crippen molar-refractivity contribution in [3.8, 4) is 0 Å². The van der Waals surface area contributed by atoms with E-state index in [1.807, 2.05) is 13.8 Å². The van der Waals surface area contributed by atoms with E-state index in [4.69, 9.17) is 15.2 Å². The van der Waals surface area contributed by atoms with Gasteiger partial charge in [-0.25, -0.2) is 0 Å². The van der Waals surface area contributed by atoms with E-state index >= 15 is 0 Å². The molecule has 7 nitrogen and oxygen atoms in total. The number of aromatic nitrogens is 2. The third-order valence-corrected chi connectivity index (χ3v) is 4.19. The molecule has 2 aliphatic rings. The molecule has 1 spiro atoms. The molecule has 21 heavy (non-hydrogen) atoms. The van der Waals surface area contributed by atoms with Gasteiger partial charge in [0.05, 0.1) is 31.1 Å². The molecule has 0 aromatic carbocycles. The third kappa shape index (κ3) is 2.40. The first-order valence-electron chi connectivity index (χ1n) is 7.46. The number of rotatable bonds is 2. The fourth-order valence-corrected chi connectivity index (χ4v) is 3.09. The number of carbonyl (C=O) groups is 1. The van der Waals surface area contributed by atoms with Crippen molar-refractivity contribution in [2.45, 2.75) is 39.0 Å². The summed E-state index contributed by atoms with van der Waals surface area (Å²) in [4.78, 5) is 14.6. The Bertz CT molecular complexity index is 549. The summed E-state index contributed by atoms with van der Waals surface area (Å²) < 4.78 is 13.1. The van der Waals surface area contributed by atoms with Crippen molar-refractivity contribution in [1.29, 1.82) is 0 Å². The van der Waals surface area contributed by atoms with Crippen LogP contribution in [0.2, 0.25) is 0 Å². The second-order valence-electron chi connectivity index (χ2n) is 5.60. The van der Waals surface area contributed by atoms with Gasteiger partial charge in [-0.05, 0) is 20.3 Å². The number of hydrogen-bond donors (Lipinski definition) is 1. The molecule has 1 aromatic rings. The van der Waals surface area contributed by atoms with Crippen LogP contribution in [0.4, 0.5) is 5.69 Å². The highest BCUT2D eigenvalue weighted by Crippen LogP contribution is 2.31. The summed E-state index contributed by atoms with van der Waals surface area (Å²) in [7, 11) is 0. The van der Waals surface area contributed by atoms with Crippen LogP contribution in [0.3, 0.4) is 0 Å². The summed E-state index contributed by atoms with van der Waals surface area (Å²) in [5.74, 6) is -0.706. The summed E-state index contributed by atoms with van der Waals surface area (Å²) in [6, 6.07) is 0. The number of likely N-dealkylation sites (tertiary alicyclic amines) is 1. The van der Waals surface area contributed by atoms with E-state index in [9.17, 15) is 4.79 Å². The summed E-state index contributed by atoms with van der Waals surface area (Å²) in [5, 5.41) is 4.32. The van der Waals surface area contributed by atoms with E-state index in [-0.39, 0.29) is 5.91 Å². The maximum Gasteiger partial charge on any atom is 0.274 e. The molecule has 3 heterocycles. The van der Waals surface area contributed by atoms with Crippen LogP contribution in [0.15, 0.2) is 0 Å². The predicted molar refractivity (Wildman–Crippen MR) is 76.8 cm³/mol. The third-order valence-electron chi connectivity index (χ3n) is 4.19. The molecule has 0 bridgehead atoms. The average molecular weight is 294 g/mol. The summed E-state index contributed by atoms with van der Waals surface area (Å²) in [5.41, 5.74) is 7.68. The second-order valence-corrected chi connectivity index (χ2v) is 5.60. The van der Waals surface area contributed by atoms with Gasteiger partial charge in [0.25, 0.3) is 5.91 Å².